The highest BCUT2D eigenvalue weighted by Gasteiger charge is 2.39. The number of rotatable bonds is 6. The lowest BCUT2D eigenvalue weighted by molar-refractivity contribution is -0.135. The molecule has 3 aliphatic rings. The highest BCUT2D eigenvalue weighted by molar-refractivity contribution is 7.89. The van der Waals surface area contributed by atoms with Crippen LogP contribution in [0.1, 0.15) is 36.8 Å². The Balaban J connectivity index is 1.49. The average Bonchev–Trinajstić information content (AvgIpc) is 3.44. The molecule has 0 unspecified atom stereocenters. The predicted octanol–water partition coefficient (Wildman–Crippen LogP) is 2.25. The van der Waals surface area contributed by atoms with Crippen LogP contribution in [0.2, 0.25) is 5.02 Å². The number of nitrogens with zero attached hydrogens (tertiary/aromatic N) is 3. The van der Waals surface area contributed by atoms with Gasteiger partial charge < -0.3 is 15.1 Å². The number of hydrogen-bond donors (Lipinski definition) is 1. The molecule has 2 amide bonds. The van der Waals surface area contributed by atoms with Gasteiger partial charge in [0.05, 0.1) is 11.3 Å². The van der Waals surface area contributed by atoms with E-state index in [9.17, 15) is 18.0 Å². The molecule has 10 heteroatoms. The van der Waals surface area contributed by atoms with Crippen LogP contribution in [0.4, 0.5) is 0 Å². The quantitative estimate of drug-likeness (QED) is 0.655. The fourth-order valence-electron chi connectivity index (χ4n) is 4.92. The van der Waals surface area contributed by atoms with Gasteiger partial charge in [0.2, 0.25) is 11.8 Å². The predicted molar refractivity (Wildman–Crippen MR) is 126 cm³/mol. The molecular formula is C23H31ClN4O4S. The molecule has 3 heterocycles. The zero-order valence-electron chi connectivity index (χ0n) is 19.1. The average molecular weight is 495 g/mol. The summed E-state index contributed by atoms with van der Waals surface area (Å²) in [7, 11) is -4.06. The highest BCUT2D eigenvalue weighted by Crippen LogP contribution is 2.29. The van der Waals surface area contributed by atoms with E-state index in [0.29, 0.717) is 35.2 Å². The van der Waals surface area contributed by atoms with Gasteiger partial charge in [0, 0.05) is 37.1 Å². The molecular weight excluding hydrogens is 464 g/mol. The van der Waals surface area contributed by atoms with Gasteiger partial charge in [-0.3, -0.25) is 13.9 Å². The summed E-state index contributed by atoms with van der Waals surface area (Å²) in [6.45, 7) is 7.92. The normalized spacial score (nSPS) is 23.9. The zero-order chi connectivity index (χ0) is 23.8. The molecule has 4 rings (SSSR count). The summed E-state index contributed by atoms with van der Waals surface area (Å²) in [4.78, 5) is 30.0. The molecule has 3 aliphatic heterocycles. The second-order valence-electron chi connectivity index (χ2n) is 9.25. The third-order valence-electron chi connectivity index (χ3n) is 6.79. The second-order valence-corrected chi connectivity index (χ2v) is 11.5. The van der Waals surface area contributed by atoms with Crippen molar-refractivity contribution in [3.63, 3.8) is 0 Å². The van der Waals surface area contributed by atoms with E-state index in [1.54, 1.807) is 24.8 Å². The van der Waals surface area contributed by atoms with Gasteiger partial charge >= 0.3 is 0 Å². The van der Waals surface area contributed by atoms with Crippen molar-refractivity contribution < 1.29 is 18.0 Å². The Morgan fingerprint density at radius 1 is 1.15 bits per heavy atom. The van der Waals surface area contributed by atoms with E-state index in [4.69, 9.17) is 11.6 Å². The maximum atomic E-state index is 13.5. The van der Waals surface area contributed by atoms with Crippen molar-refractivity contribution in [3.05, 3.63) is 40.7 Å². The topological polar surface area (TPSA) is 90.0 Å². The molecule has 1 aromatic rings. The molecule has 8 nitrogen and oxygen atoms in total. The van der Waals surface area contributed by atoms with Crippen LogP contribution in [-0.4, -0.2) is 73.1 Å². The van der Waals surface area contributed by atoms with Gasteiger partial charge in [0.15, 0.2) is 0 Å². The molecule has 0 aliphatic carbocycles. The van der Waals surface area contributed by atoms with Crippen LogP contribution in [0, 0.1) is 19.8 Å². The summed E-state index contributed by atoms with van der Waals surface area (Å²) < 4.78 is 28.0. The van der Waals surface area contributed by atoms with E-state index in [1.165, 1.54) is 31.3 Å². The van der Waals surface area contributed by atoms with Crippen molar-refractivity contribution in [3.8, 4) is 0 Å². The third-order valence-corrected chi connectivity index (χ3v) is 9.12. The number of benzene rings is 1. The number of likely N-dealkylation sites (tertiary alicyclic amines) is 2. The number of amides is 2. The first-order valence-corrected chi connectivity index (χ1v) is 13.3. The minimum absolute atomic E-state index is 0.0769. The third kappa shape index (κ3) is 5.05. The maximum absolute atomic E-state index is 13.5. The Labute approximate surface area is 200 Å². The van der Waals surface area contributed by atoms with Gasteiger partial charge in [-0.2, -0.15) is 0 Å². The van der Waals surface area contributed by atoms with Crippen molar-refractivity contribution in [2.75, 3.05) is 32.7 Å². The number of carbonyl (C=O) groups excluding carboxylic acids is 2. The van der Waals surface area contributed by atoms with Crippen molar-refractivity contribution in [1.29, 1.82) is 0 Å². The molecule has 1 aromatic carbocycles. The number of halogens is 1. The summed E-state index contributed by atoms with van der Waals surface area (Å²) in [5, 5.41) is 3.02. The lowest BCUT2D eigenvalue weighted by Gasteiger charge is -2.32. The molecule has 1 N–H and O–H groups in total. The summed E-state index contributed by atoms with van der Waals surface area (Å²) >= 11 is 6.14. The van der Waals surface area contributed by atoms with E-state index in [-0.39, 0.29) is 17.2 Å². The molecule has 0 spiro atoms. The van der Waals surface area contributed by atoms with Gasteiger partial charge in [0.1, 0.15) is 6.04 Å². The summed E-state index contributed by atoms with van der Waals surface area (Å²) in [6, 6.07) is 1.97. The standard InChI is InChI=1S/C23H31ClN4O4S/c1-16-12-21(17(2)11-19(16)24)33(31,32)28-10-6-25-23(30)20(28)13-22(29)27-9-5-18(15-27)14-26-7-3-4-8-26/h6,10-12,18,20H,3-5,7-9,13-15H2,1-2H3,(H,25,30)/t18-,20-/m1/s1. The van der Waals surface area contributed by atoms with Crippen LogP contribution in [0.3, 0.4) is 0 Å². The largest absolute Gasteiger partial charge is 0.342 e. The lowest BCUT2D eigenvalue weighted by Crippen LogP contribution is -2.51. The Kier molecular flexibility index (Phi) is 7.02. The molecule has 0 saturated carbocycles. The number of nitrogens with one attached hydrogen (secondary N) is 1. The summed E-state index contributed by atoms with van der Waals surface area (Å²) in [5.74, 6) is -0.282. The monoisotopic (exact) mass is 494 g/mol. The van der Waals surface area contributed by atoms with Crippen molar-refractivity contribution in [2.45, 2.75) is 50.5 Å². The number of sulfonamides is 1. The Bertz CT molecular complexity index is 1070. The van der Waals surface area contributed by atoms with Gasteiger partial charge in [-0.05, 0) is 75.4 Å². The van der Waals surface area contributed by atoms with Gasteiger partial charge in [-0.1, -0.05) is 11.6 Å². The van der Waals surface area contributed by atoms with Crippen LogP contribution in [0.15, 0.2) is 29.4 Å². The molecule has 0 radical (unpaired) electrons. The molecule has 33 heavy (non-hydrogen) atoms. The van der Waals surface area contributed by atoms with Gasteiger partial charge in [0.25, 0.3) is 10.0 Å². The SMILES string of the molecule is Cc1cc(S(=O)(=O)N2C=CNC(=O)[C@H]2CC(=O)N2CC[C@H](CN3CCCC3)C2)c(C)cc1Cl. The maximum Gasteiger partial charge on any atom is 0.264 e. The van der Waals surface area contributed by atoms with Gasteiger partial charge in [-0.15, -0.1) is 0 Å². The number of hydrogen-bond acceptors (Lipinski definition) is 5. The van der Waals surface area contributed by atoms with Crippen molar-refractivity contribution >= 4 is 33.4 Å². The van der Waals surface area contributed by atoms with Crippen LogP contribution in [0.25, 0.3) is 0 Å². The lowest BCUT2D eigenvalue weighted by atomic mass is 10.1. The fourth-order valence-corrected chi connectivity index (χ4v) is 6.88. The molecule has 2 saturated heterocycles. The summed E-state index contributed by atoms with van der Waals surface area (Å²) in [6.07, 6.45) is 5.81. The Morgan fingerprint density at radius 2 is 1.88 bits per heavy atom. The summed E-state index contributed by atoms with van der Waals surface area (Å²) in [5.41, 5.74) is 1.11. The van der Waals surface area contributed by atoms with E-state index in [1.807, 2.05) is 0 Å². The molecule has 0 aromatic heterocycles. The van der Waals surface area contributed by atoms with Crippen LogP contribution in [-0.2, 0) is 19.6 Å². The molecule has 0 bridgehead atoms. The second kappa shape index (κ2) is 9.64. The molecule has 2 atom stereocenters. The Hall–Kier alpha value is -2.10. The first-order valence-electron chi connectivity index (χ1n) is 11.4. The first kappa shape index (κ1) is 24.0. The van der Waals surface area contributed by atoms with Crippen molar-refractivity contribution in [1.82, 2.24) is 19.4 Å². The number of aryl methyl sites for hydroxylation is 2. The van der Waals surface area contributed by atoms with E-state index in [2.05, 4.69) is 10.2 Å². The molecule has 180 valence electrons. The number of carbonyl (C=O) groups is 2. The Morgan fingerprint density at radius 3 is 2.61 bits per heavy atom. The highest BCUT2D eigenvalue weighted by atomic mass is 35.5. The fraction of sp³-hybridized carbons (Fsp3) is 0.565. The minimum Gasteiger partial charge on any atom is -0.342 e. The minimum atomic E-state index is -4.06. The van der Waals surface area contributed by atoms with E-state index in [0.717, 1.165) is 30.4 Å². The van der Waals surface area contributed by atoms with Crippen molar-refractivity contribution in [2.24, 2.45) is 5.92 Å². The first-order chi connectivity index (χ1) is 15.7. The van der Waals surface area contributed by atoms with Crippen LogP contribution >= 0.6 is 11.6 Å². The molecule has 2 fully saturated rings. The van der Waals surface area contributed by atoms with Crippen LogP contribution in [0.5, 0.6) is 0 Å². The van der Waals surface area contributed by atoms with Gasteiger partial charge in [-0.25, -0.2) is 8.42 Å². The van der Waals surface area contributed by atoms with Crippen LogP contribution < -0.4 is 5.32 Å². The smallest absolute Gasteiger partial charge is 0.264 e. The van der Waals surface area contributed by atoms with E-state index >= 15 is 0 Å². The zero-order valence-corrected chi connectivity index (χ0v) is 20.7. The van der Waals surface area contributed by atoms with E-state index < -0.39 is 22.0 Å².